The third kappa shape index (κ3) is 10.0. The van der Waals surface area contributed by atoms with E-state index in [1.54, 1.807) is 48.5 Å². The molecule has 0 aliphatic heterocycles. The molecule has 1 unspecified atom stereocenters. The number of amides is 3. The van der Waals surface area contributed by atoms with Crippen molar-refractivity contribution in [3.05, 3.63) is 100 Å². The van der Waals surface area contributed by atoms with Gasteiger partial charge in [-0.05, 0) is 66.2 Å². The molecule has 3 aromatic rings. The maximum atomic E-state index is 13.2. The standard InChI is InChI=1S/C29H26F4N4O5/c30-22-10-9-21(25(13-22)29(31,32)33)15-34-17-27(40)36-23-11-5-19(6-12-23)2-1-18-3-7-20(8-4-18)28(41)35-16-24(38)14-26(39)37-42/h3-13,24,34,38,42H,14-17H2,(H,35,41)(H,36,40)(H,37,39). The number of aliphatic hydroxyl groups is 1. The molecule has 42 heavy (non-hydrogen) atoms. The van der Waals surface area contributed by atoms with Gasteiger partial charge in [0.25, 0.3) is 5.91 Å². The van der Waals surface area contributed by atoms with E-state index >= 15 is 0 Å². The number of alkyl halides is 3. The predicted octanol–water partition coefficient (Wildman–Crippen LogP) is 2.96. The van der Waals surface area contributed by atoms with Crippen molar-refractivity contribution in [2.75, 3.05) is 18.4 Å². The van der Waals surface area contributed by atoms with E-state index in [1.165, 1.54) is 5.48 Å². The molecule has 3 amide bonds. The Kier molecular flexibility index (Phi) is 11.1. The van der Waals surface area contributed by atoms with Crippen LogP contribution in [-0.2, 0) is 22.3 Å². The predicted molar refractivity (Wildman–Crippen MR) is 143 cm³/mol. The highest BCUT2D eigenvalue weighted by Gasteiger charge is 2.33. The number of benzene rings is 3. The summed E-state index contributed by atoms with van der Waals surface area (Å²) in [5.41, 5.74) is 2.11. The summed E-state index contributed by atoms with van der Waals surface area (Å²) in [7, 11) is 0. The summed E-state index contributed by atoms with van der Waals surface area (Å²) in [4.78, 5) is 35.4. The summed E-state index contributed by atoms with van der Waals surface area (Å²) < 4.78 is 52.5. The SMILES string of the molecule is O=C(CC(O)CNC(=O)c1ccc(C#Cc2ccc(NC(=O)CNCc3ccc(F)cc3C(F)(F)F)cc2)cc1)NO. The topological polar surface area (TPSA) is 140 Å². The molecule has 0 heterocycles. The Bertz CT molecular complexity index is 1470. The number of hydrogen-bond donors (Lipinski definition) is 6. The molecule has 1 atom stereocenters. The molecule has 0 bridgehead atoms. The number of rotatable bonds is 10. The summed E-state index contributed by atoms with van der Waals surface area (Å²) in [5.74, 6) is 3.15. The number of halogens is 4. The maximum Gasteiger partial charge on any atom is 0.416 e. The van der Waals surface area contributed by atoms with E-state index in [2.05, 4.69) is 27.8 Å². The number of nitrogens with one attached hydrogen (secondary N) is 4. The van der Waals surface area contributed by atoms with E-state index in [1.807, 2.05) is 0 Å². The van der Waals surface area contributed by atoms with Crippen LogP contribution in [0.15, 0.2) is 66.7 Å². The molecule has 0 fully saturated rings. The van der Waals surface area contributed by atoms with Crippen LogP contribution in [0.3, 0.4) is 0 Å². The molecule has 0 saturated heterocycles. The minimum absolute atomic E-state index is 0.181. The summed E-state index contributed by atoms with van der Waals surface area (Å²) >= 11 is 0. The van der Waals surface area contributed by atoms with E-state index in [4.69, 9.17) is 5.21 Å². The van der Waals surface area contributed by atoms with Crippen LogP contribution in [-0.4, -0.2) is 47.2 Å². The number of anilines is 1. The minimum atomic E-state index is -4.72. The van der Waals surface area contributed by atoms with Crippen molar-refractivity contribution in [3.63, 3.8) is 0 Å². The van der Waals surface area contributed by atoms with Crippen molar-refractivity contribution < 1.29 is 42.3 Å². The average molecular weight is 587 g/mol. The molecule has 3 rings (SSSR count). The molecular formula is C29H26F4N4O5. The van der Waals surface area contributed by atoms with Gasteiger partial charge in [-0.3, -0.25) is 19.6 Å². The van der Waals surface area contributed by atoms with Crippen LogP contribution < -0.4 is 21.4 Å². The van der Waals surface area contributed by atoms with Crippen LogP contribution in [0.2, 0.25) is 0 Å². The van der Waals surface area contributed by atoms with Crippen molar-refractivity contribution >= 4 is 23.4 Å². The van der Waals surface area contributed by atoms with E-state index in [-0.39, 0.29) is 31.6 Å². The fourth-order valence-corrected chi connectivity index (χ4v) is 3.61. The fourth-order valence-electron chi connectivity index (χ4n) is 3.61. The first-order valence-corrected chi connectivity index (χ1v) is 12.4. The van der Waals surface area contributed by atoms with Crippen LogP contribution in [0, 0.1) is 17.7 Å². The zero-order valence-electron chi connectivity index (χ0n) is 21.9. The zero-order valence-corrected chi connectivity index (χ0v) is 21.9. The van der Waals surface area contributed by atoms with Crippen molar-refractivity contribution in [2.24, 2.45) is 0 Å². The van der Waals surface area contributed by atoms with Crippen LogP contribution in [0.5, 0.6) is 0 Å². The van der Waals surface area contributed by atoms with Gasteiger partial charge in [0.05, 0.1) is 24.6 Å². The van der Waals surface area contributed by atoms with Gasteiger partial charge in [-0.15, -0.1) is 0 Å². The molecule has 0 saturated carbocycles. The maximum absolute atomic E-state index is 13.2. The van der Waals surface area contributed by atoms with E-state index < -0.39 is 41.4 Å². The van der Waals surface area contributed by atoms with Crippen molar-refractivity contribution in [3.8, 4) is 11.8 Å². The molecule has 0 aliphatic carbocycles. The van der Waals surface area contributed by atoms with Crippen LogP contribution >= 0.6 is 0 Å². The lowest BCUT2D eigenvalue weighted by atomic mass is 10.1. The molecule has 0 aromatic heterocycles. The summed E-state index contributed by atoms with van der Waals surface area (Å²) in [6.45, 7) is -0.734. The van der Waals surface area contributed by atoms with Crippen LogP contribution in [0.1, 0.15) is 39.0 Å². The molecule has 0 radical (unpaired) electrons. The van der Waals surface area contributed by atoms with Gasteiger partial charge in [0.2, 0.25) is 11.8 Å². The highest BCUT2D eigenvalue weighted by Crippen LogP contribution is 2.32. The Balaban J connectivity index is 1.47. The number of hydroxylamine groups is 1. The van der Waals surface area contributed by atoms with E-state index in [9.17, 15) is 37.1 Å². The second kappa shape index (κ2) is 14.7. The highest BCUT2D eigenvalue weighted by molar-refractivity contribution is 5.94. The monoisotopic (exact) mass is 586 g/mol. The molecule has 220 valence electrons. The number of carbonyl (C=O) groups is 3. The third-order valence-electron chi connectivity index (χ3n) is 5.69. The number of hydrogen-bond acceptors (Lipinski definition) is 6. The lowest BCUT2D eigenvalue weighted by molar-refractivity contribution is -0.138. The lowest BCUT2D eigenvalue weighted by Gasteiger charge is -2.13. The summed E-state index contributed by atoms with van der Waals surface area (Å²) in [6.07, 6.45) is -6.25. The number of aliphatic hydroxyl groups excluding tert-OH is 1. The molecular weight excluding hydrogens is 560 g/mol. The zero-order chi connectivity index (χ0) is 30.7. The van der Waals surface area contributed by atoms with Gasteiger partial charge < -0.3 is 21.1 Å². The van der Waals surface area contributed by atoms with Crippen molar-refractivity contribution in [1.82, 2.24) is 16.1 Å². The quantitative estimate of drug-likeness (QED) is 0.0935. The first kappa shape index (κ1) is 31.8. The first-order chi connectivity index (χ1) is 19.9. The summed E-state index contributed by atoms with van der Waals surface area (Å²) in [6, 6.07) is 15.2. The summed E-state index contributed by atoms with van der Waals surface area (Å²) in [5, 5.41) is 25.8. The Hall–Kier alpha value is -4.77. The first-order valence-electron chi connectivity index (χ1n) is 12.4. The van der Waals surface area contributed by atoms with Crippen molar-refractivity contribution in [1.29, 1.82) is 0 Å². The van der Waals surface area contributed by atoms with E-state index in [0.29, 0.717) is 28.4 Å². The van der Waals surface area contributed by atoms with Gasteiger partial charge >= 0.3 is 6.18 Å². The fraction of sp³-hybridized carbons (Fsp3) is 0.207. The molecule has 0 spiro atoms. The van der Waals surface area contributed by atoms with Gasteiger partial charge in [-0.25, -0.2) is 9.87 Å². The average Bonchev–Trinajstić information content (AvgIpc) is 2.96. The Labute approximate surface area is 237 Å². The van der Waals surface area contributed by atoms with Gasteiger partial charge in [0.15, 0.2) is 0 Å². The second-order valence-electron chi connectivity index (χ2n) is 8.96. The third-order valence-corrected chi connectivity index (χ3v) is 5.69. The Morgan fingerprint density at radius 2 is 1.50 bits per heavy atom. The molecule has 3 aromatic carbocycles. The smallest absolute Gasteiger partial charge is 0.391 e. The molecule has 9 nitrogen and oxygen atoms in total. The molecule has 6 N–H and O–H groups in total. The number of carbonyl (C=O) groups excluding carboxylic acids is 3. The Morgan fingerprint density at radius 1 is 0.881 bits per heavy atom. The van der Waals surface area contributed by atoms with Crippen LogP contribution in [0.4, 0.5) is 23.2 Å². The highest BCUT2D eigenvalue weighted by atomic mass is 19.4. The normalized spacial score (nSPS) is 11.6. The lowest BCUT2D eigenvalue weighted by Crippen LogP contribution is -2.35. The van der Waals surface area contributed by atoms with Crippen LogP contribution in [0.25, 0.3) is 0 Å². The van der Waals surface area contributed by atoms with Gasteiger partial charge in [-0.2, -0.15) is 13.2 Å². The Morgan fingerprint density at radius 3 is 2.10 bits per heavy atom. The molecule has 13 heteroatoms. The van der Waals surface area contributed by atoms with Gasteiger partial charge in [0.1, 0.15) is 5.82 Å². The second-order valence-corrected chi connectivity index (χ2v) is 8.96. The minimum Gasteiger partial charge on any atom is -0.391 e. The molecule has 0 aliphatic rings. The largest absolute Gasteiger partial charge is 0.416 e. The van der Waals surface area contributed by atoms with Gasteiger partial charge in [-0.1, -0.05) is 17.9 Å². The van der Waals surface area contributed by atoms with Gasteiger partial charge in [0, 0.05) is 35.5 Å². The van der Waals surface area contributed by atoms with E-state index in [0.717, 1.165) is 12.1 Å². The van der Waals surface area contributed by atoms with Crippen molar-refractivity contribution in [2.45, 2.75) is 25.2 Å².